The number of unbranched alkanes of at least 4 members (excludes halogenated alkanes) is 2. The lowest BCUT2D eigenvalue weighted by atomic mass is 9.94. The second kappa shape index (κ2) is 16.4. The molecule has 1 aromatic carbocycles. The highest BCUT2D eigenvalue weighted by Gasteiger charge is 2.33. The van der Waals surface area contributed by atoms with Crippen LogP contribution in [-0.4, -0.2) is 50.4 Å². The number of hydrogen-bond acceptors (Lipinski definition) is 7. The topological polar surface area (TPSA) is 135 Å². The van der Waals surface area contributed by atoms with Crippen LogP contribution in [-0.2, 0) is 16.1 Å². The van der Waals surface area contributed by atoms with Crippen LogP contribution in [0.5, 0.6) is 0 Å². The van der Waals surface area contributed by atoms with Gasteiger partial charge in [-0.05, 0) is 75.4 Å². The van der Waals surface area contributed by atoms with Crippen molar-refractivity contribution in [2.24, 2.45) is 23.5 Å². The first-order valence-corrected chi connectivity index (χ1v) is 14.4. The summed E-state index contributed by atoms with van der Waals surface area (Å²) < 4.78 is 5.06. The minimum atomic E-state index is -0.682. The van der Waals surface area contributed by atoms with Crippen LogP contribution in [0.2, 0.25) is 0 Å². The molecule has 1 aliphatic carbocycles. The molecule has 0 aliphatic heterocycles. The molecule has 3 N–H and O–H groups in total. The second-order valence-electron chi connectivity index (χ2n) is 10.8. The molecule has 3 unspecified atom stereocenters. The molecule has 4 aromatic rings. The zero-order valence-electron chi connectivity index (χ0n) is 24.4. The van der Waals surface area contributed by atoms with Gasteiger partial charge in [-0.3, -0.25) is 19.6 Å². The molecule has 9 heteroatoms. The monoisotopic (exact) mass is 561 g/mol. The molecule has 5 rings (SSSR count). The fourth-order valence-electron chi connectivity index (χ4n) is 5.11. The zero-order chi connectivity index (χ0) is 29.6. The summed E-state index contributed by atoms with van der Waals surface area (Å²) in [5.74, 6) is 0.424. The van der Waals surface area contributed by atoms with Crippen molar-refractivity contribution in [2.75, 3.05) is 13.6 Å². The Labute approximate surface area is 242 Å². The maximum Gasteiger partial charge on any atom is 0.303 e. The Bertz CT molecular complexity index is 1340. The third-order valence-electron chi connectivity index (χ3n) is 7.48. The largest absolute Gasteiger partial charge is 0.481 e. The van der Waals surface area contributed by atoms with Crippen molar-refractivity contribution >= 4 is 34.0 Å². The minimum Gasteiger partial charge on any atom is -0.481 e. The van der Waals surface area contributed by atoms with Gasteiger partial charge in [0.25, 0.3) is 0 Å². The highest BCUT2D eigenvalue weighted by Crippen LogP contribution is 2.38. The molecule has 9 nitrogen and oxygen atoms in total. The van der Waals surface area contributed by atoms with Gasteiger partial charge in [0.05, 0.1) is 29.2 Å². The number of amides is 1. The van der Waals surface area contributed by atoms with E-state index >= 15 is 0 Å². The van der Waals surface area contributed by atoms with E-state index in [0.29, 0.717) is 18.3 Å². The smallest absolute Gasteiger partial charge is 0.303 e. The average molecular weight is 562 g/mol. The molecule has 3 aromatic heterocycles. The van der Waals surface area contributed by atoms with Gasteiger partial charge in [0, 0.05) is 31.1 Å². The van der Waals surface area contributed by atoms with Crippen LogP contribution >= 0.6 is 0 Å². The van der Waals surface area contributed by atoms with Gasteiger partial charge < -0.3 is 20.2 Å². The molecule has 3 atom stereocenters. The van der Waals surface area contributed by atoms with Crippen LogP contribution in [0.25, 0.3) is 22.1 Å². The Morgan fingerprint density at radius 1 is 1.05 bits per heavy atom. The molecule has 1 amide bonds. The van der Waals surface area contributed by atoms with Crippen molar-refractivity contribution in [1.29, 1.82) is 0 Å². The van der Waals surface area contributed by atoms with E-state index in [2.05, 4.69) is 40.7 Å². The van der Waals surface area contributed by atoms with E-state index in [4.69, 9.17) is 15.3 Å². The Kier molecular flexibility index (Phi) is 12.7. The van der Waals surface area contributed by atoms with Gasteiger partial charge in [-0.2, -0.15) is 0 Å². The average Bonchev–Trinajstić information content (AvgIpc) is 3.59. The van der Waals surface area contributed by atoms with Gasteiger partial charge in [0.2, 0.25) is 5.91 Å². The summed E-state index contributed by atoms with van der Waals surface area (Å²) in [6, 6.07) is 13.5. The lowest BCUT2D eigenvalue weighted by molar-refractivity contribution is -0.137. The summed E-state index contributed by atoms with van der Waals surface area (Å²) >= 11 is 0. The third-order valence-corrected chi connectivity index (χ3v) is 7.48. The van der Waals surface area contributed by atoms with Crippen LogP contribution in [0.4, 0.5) is 0 Å². The Hall–Kier alpha value is -3.85. The fraction of sp³-hybridized carbons (Fsp3) is 0.469. The molecular weight excluding hydrogens is 518 g/mol. The van der Waals surface area contributed by atoms with Crippen LogP contribution < -0.4 is 5.73 Å². The fourth-order valence-corrected chi connectivity index (χ4v) is 5.11. The number of fused-ring (bicyclic) bond motifs is 2. The maximum absolute atomic E-state index is 11.4. The van der Waals surface area contributed by atoms with Gasteiger partial charge in [0.15, 0.2) is 5.58 Å². The SMILES string of the molecule is CC1CC(C(N)=O)CC1CCN(C)Cc1cnc2ccccc2n1.CCCCCC(=O)O.c1cnc2ccoc2c1. The number of para-hydroxylation sites is 2. The highest BCUT2D eigenvalue weighted by atomic mass is 16.4. The number of carboxylic acids is 1. The van der Waals surface area contributed by atoms with E-state index in [9.17, 15) is 9.59 Å². The number of benzene rings is 1. The number of nitrogens with zero attached hydrogens (tertiary/aromatic N) is 4. The Morgan fingerprint density at radius 3 is 2.51 bits per heavy atom. The first-order chi connectivity index (χ1) is 19.8. The number of hydrogen-bond donors (Lipinski definition) is 2. The highest BCUT2D eigenvalue weighted by molar-refractivity contribution is 5.77. The number of carbonyl (C=O) groups excluding carboxylic acids is 1. The number of pyridine rings is 1. The number of furan rings is 1. The van der Waals surface area contributed by atoms with Gasteiger partial charge >= 0.3 is 5.97 Å². The van der Waals surface area contributed by atoms with E-state index in [1.54, 1.807) is 12.5 Å². The van der Waals surface area contributed by atoms with Crippen molar-refractivity contribution in [3.63, 3.8) is 0 Å². The lowest BCUT2D eigenvalue weighted by Gasteiger charge is -2.21. The zero-order valence-corrected chi connectivity index (χ0v) is 24.4. The van der Waals surface area contributed by atoms with Gasteiger partial charge in [0.1, 0.15) is 5.52 Å². The molecule has 0 spiro atoms. The van der Waals surface area contributed by atoms with E-state index in [-0.39, 0.29) is 11.8 Å². The number of primary amides is 1. The molecule has 3 heterocycles. The summed E-state index contributed by atoms with van der Waals surface area (Å²) in [6.07, 6.45) is 11.5. The van der Waals surface area contributed by atoms with Gasteiger partial charge in [-0.25, -0.2) is 4.98 Å². The van der Waals surface area contributed by atoms with Crippen LogP contribution in [0.3, 0.4) is 0 Å². The van der Waals surface area contributed by atoms with Crippen molar-refractivity contribution in [2.45, 2.75) is 65.3 Å². The molecule has 1 fully saturated rings. The Balaban J connectivity index is 0.000000221. The molecule has 1 saturated carbocycles. The first-order valence-electron chi connectivity index (χ1n) is 14.4. The number of carbonyl (C=O) groups is 2. The third kappa shape index (κ3) is 10.6. The molecule has 0 saturated heterocycles. The van der Waals surface area contributed by atoms with E-state index < -0.39 is 5.97 Å². The quantitative estimate of drug-likeness (QED) is 0.222. The first kappa shape index (κ1) is 31.7. The van der Waals surface area contributed by atoms with Gasteiger partial charge in [-0.1, -0.05) is 38.8 Å². The standard InChI is InChI=1S/C19H26N4O.C7H5NO.C6H12O2/c1-13-9-15(19(20)24)10-14(13)7-8-23(2)12-16-11-21-17-5-3-4-6-18(17)22-16;1-2-7-6(8-4-1)3-5-9-7;1-2-3-4-5-6(7)8/h3-6,11,13-15H,7-10,12H2,1-2H3,(H2,20,24);1-5H;2-5H2,1H3,(H,7,8). The van der Waals surface area contributed by atoms with E-state index in [1.807, 2.05) is 48.7 Å². The van der Waals surface area contributed by atoms with E-state index in [1.165, 1.54) is 0 Å². The summed E-state index contributed by atoms with van der Waals surface area (Å²) in [4.78, 5) is 36.7. The van der Waals surface area contributed by atoms with Crippen molar-refractivity contribution < 1.29 is 19.1 Å². The Morgan fingerprint density at radius 2 is 1.83 bits per heavy atom. The minimum absolute atomic E-state index is 0.0710. The molecule has 0 bridgehead atoms. The molecular formula is C32H43N5O4. The number of aliphatic carboxylic acids is 1. The summed E-state index contributed by atoms with van der Waals surface area (Å²) in [7, 11) is 2.11. The van der Waals surface area contributed by atoms with Crippen LogP contribution in [0.15, 0.2) is 65.5 Å². The van der Waals surface area contributed by atoms with Crippen molar-refractivity contribution in [3.05, 3.63) is 66.8 Å². The summed E-state index contributed by atoms with van der Waals surface area (Å²) in [5, 5.41) is 8.14. The number of carboxylic acid groups (broad SMARTS) is 1. The van der Waals surface area contributed by atoms with Crippen molar-refractivity contribution in [3.8, 4) is 0 Å². The number of nitrogens with two attached hydrogens (primary N) is 1. The maximum atomic E-state index is 11.4. The summed E-state index contributed by atoms with van der Waals surface area (Å²) in [6.45, 7) is 6.08. The van der Waals surface area contributed by atoms with Crippen LogP contribution in [0, 0.1) is 17.8 Å². The number of aromatic nitrogens is 3. The molecule has 220 valence electrons. The molecule has 41 heavy (non-hydrogen) atoms. The van der Waals surface area contributed by atoms with Gasteiger partial charge in [-0.15, -0.1) is 0 Å². The predicted octanol–water partition coefficient (Wildman–Crippen LogP) is 6.08. The normalized spacial score (nSPS) is 18.0. The van der Waals surface area contributed by atoms with Crippen LogP contribution in [0.1, 0.15) is 64.5 Å². The lowest BCUT2D eigenvalue weighted by Crippen LogP contribution is -2.23. The molecule has 0 radical (unpaired) electrons. The summed E-state index contributed by atoms with van der Waals surface area (Å²) in [5.41, 5.74) is 10.1. The second-order valence-corrected chi connectivity index (χ2v) is 10.8. The number of rotatable bonds is 10. The predicted molar refractivity (Wildman–Crippen MR) is 161 cm³/mol. The van der Waals surface area contributed by atoms with E-state index in [0.717, 1.165) is 79.4 Å². The van der Waals surface area contributed by atoms with Crippen molar-refractivity contribution in [1.82, 2.24) is 19.9 Å². The molecule has 1 aliphatic rings.